The second-order valence-electron chi connectivity index (χ2n) is 4.45. The van der Waals surface area contributed by atoms with Gasteiger partial charge in [0.25, 0.3) is 0 Å². The summed E-state index contributed by atoms with van der Waals surface area (Å²) < 4.78 is 5.23. The Morgan fingerprint density at radius 3 is 2.81 bits per heavy atom. The van der Waals surface area contributed by atoms with Crippen LogP contribution in [-0.2, 0) is 22.4 Å². The standard InChI is InChI=1S/C13H16O3/c1-9-3-4-11-8-13(16-2,12(14)15)6-5-10(11)7-9/h3-4,7H,5-6,8H2,1-2H3,(H,14,15). The Morgan fingerprint density at radius 1 is 1.44 bits per heavy atom. The van der Waals surface area contributed by atoms with Gasteiger partial charge in [-0.2, -0.15) is 0 Å². The van der Waals surface area contributed by atoms with Gasteiger partial charge in [0.15, 0.2) is 5.60 Å². The monoisotopic (exact) mass is 220 g/mol. The van der Waals surface area contributed by atoms with Crippen molar-refractivity contribution in [3.8, 4) is 0 Å². The van der Waals surface area contributed by atoms with Crippen molar-refractivity contribution < 1.29 is 14.6 Å². The number of hydrogen-bond acceptors (Lipinski definition) is 2. The molecule has 0 radical (unpaired) electrons. The fourth-order valence-corrected chi connectivity index (χ4v) is 2.34. The smallest absolute Gasteiger partial charge is 0.336 e. The van der Waals surface area contributed by atoms with Crippen molar-refractivity contribution in [2.24, 2.45) is 0 Å². The molecule has 1 aliphatic carbocycles. The first kappa shape index (κ1) is 11.1. The molecule has 16 heavy (non-hydrogen) atoms. The van der Waals surface area contributed by atoms with Crippen LogP contribution in [0.4, 0.5) is 0 Å². The summed E-state index contributed by atoms with van der Waals surface area (Å²) in [5.74, 6) is -0.860. The minimum Gasteiger partial charge on any atom is -0.479 e. The summed E-state index contributed by atoms with van der Waals surface area (Å²) in [5, 5.41) is 9.24. The van der Waals surface area contributed by atoms with Gasteiger partial charge in [0.2, 0.25) is 0 Å². The number of fused-ring (bicyclic) bond motifs is 1. The molecule has 1 N–H and O–H groups in total. The van der Waals surface area contributed by atoms with Gasteiger partial charge in [-0.15, -0.1) is 0 Å². The third-order valence-corrected chi connectivity index (χ3v) is 3.42. The highest BCUT2D eigenvalue weighted by molar-refractivity contribution is 5.78. The molecule has 0 fully saturated rings. The molecule has 0 bridgehead atoms. The van der Waals surface area contributed by atoms with Crippen LogP contribution in [0.1, 0.15) is 23.1 Å². The van der Waals surface area contributed by atoms with Crippen LogP contribution in [0, 0.1) is 6.92 Å². The zero-order valence-electron chi connectivity index (χ0n) is 9.62. The first-order valence-electron chi connectivity index (χ1n) is 5.44. The highest BCUT2D eigenvalue weighted by atomic mass is 16.5. The van der Waals surface area contributed by atoms with Gasteiger partial charge in [0, 0.05) is 13.5 Å². The van der Waals surface area contributed by atoms with Gasteiger partial charge in [0.05, 0.1) is 0 Å². The lowest BCUT2D eigenvalue weighted by Crippen LogP contribution is -2.45. The number of carboxylic acids is 1. The van der Waals surface area contributed by atoms with Crippen LogP contribution in [0.15, 0.2) is 18.2 Å². The van der Waals surface area contributed by atoms with E-state index >= 15 is 0 Å². The van der Waals surface area contributed by atoms with Crippen LogP contribution in [0.2, 0.25) is 0 Å². The molecule has 0 saturated carbocycles. The molecule has 1 atom stereocenters. The summed E-state index contributed by atoms with van der Waals surface area (Å²) in [7, 11) is 1.48. The van der Waals surface area contributed by atoms with Gasteiger partial charge in [-0.05, 0) is 30.9 Å². The highest BCUT2D eigenvalue weighted by Gasteiger charge is 2.41. The van der Waals surface area contributed by atoms with Crippen molar-refractivity contribution in [1.82, 2.24) is 0 Å². The van der Waals surface area contributed by atoms with E-state index in [0.29, 0.717) is 12.8 Å². The van der Waals surface area contributed by atoms with E-state index in [-0.39, 0.29) is 0 Å². The minimum absolute atomic E-state index is 0.467. The first-order chi connectivity index (χ1) is 7.57. The summed E-state index contributed by atoms with van der Waals surface area (Å²) in [6, 6.07) is 6.17. The lowest BCUT2D eigenvalue weighted by molar-refractivity contribution is -0.163. The molecular formula is C13H16O3. The van der Waals surface area contributed by atoms with Gasteiger partial charge in [-0.3, -0.25) is 0 Å². The molecule has 0 spiro atoms. The number of aryl methyl sites for hydroxylation is 2. The Morgan fingerprint density at radius 2 is 2.19 bits per heavy atom. The molecule has 0 aromatic heterocycles. The van der Waals surface area contributed by atoms with Crippen molar-refractivity contribution in [3.05, 3.63) is 34.9 Å². The fourth-order valence-electron chi connectivity index (χ4n) is 2.34. The molecule has 1 aromatic rings. The van der Waals surface area contributed by atoms with E-state index in [9.17, 15) is 9.90 Å². The summed E-state index contributed by atoms with van der Waals surface area (Å²) in [5.41, 5.74) is 2.55. The Kier molecular flexibility index (Phi) is 2.72. The number of aliphatic carboxylic acids is 1. The Hall–Kier alpha value is -1.35. The largest absolute Gasteiger partial charge is 0.479 e. The van der Waals surface area contributed by atoms with Crippen LogP contribution < -0.4 is 0 Å². The van der Waals surface area contributed by atoms with Gasteiger partial charge in [0.1, 0.15) is 0 Å². The maximum absolute atomic E-state index is 11.3. The third-order valence-electron chi connectivity index (χ3n) is 3.42. The number of methoxy groups -OCH3 is 1. The zero-order chi connectivity index (χ0) is 11.8. The third kappa shape index (κ3) is 1.71. The van der Waals surface area contributed by atoms with Gasteiger partial charge >= 0.3 is 5.97 Å². The van der Waals surface area contributed by atoms with E-state index in [2.05, 4.69) is 13.0 Å². The van der Waals surface area contributed by atoms with Gasteiger partial charge in [-0.25, -0.2) is 4.79 Å². The second-order valence-corrected chi connectivity index (χ2v) is 4.45. The summed E-state index contributed by atoms with van der Waals surface area (Å²) in [6.45, 7) is 2.05. The number of carbonyl (C=O) groups is 1. The van der Waals surface area contributed by atoms with Crippen molar-refractivity contribution in [3.63, 3.8) is 0 Å². The lowest BCUT2D eigenvalue weighted by atomic mass is 9.80. The summed E-state index contributed by atoms with van der Waals surface area (Å²) in [6.07, 6.45) is 1.79. The molecule has 3 nitrogen and oxygen atoms in total. The minimum atomic E-state index is -1.03. The van der Waals surface area contributed by atoms with E-state index in [0.717, 1.165) is 12.0 Å². The first-order valence-corrected chi connectivity index (χ1v) is 5.44. The Bertz CT molecular complexity index is 425. The maximum atomic E-state index is 11.3. The van der Waals surface area contributed by atoms with E-state index in [4.69, 9.17) is 4.74 Å². The number of benzene rings is 1. The predicted molar refractivity (Wildman–Crippen MR) is 60.6 cm³/mol. The molecule has 0 aliphatic heterocycles. The van der Waals surface area contributed by atoms with Crippen molar-refractivity contribution in [2.45, 2.75) is 31.8 Å². The van der Waals surface area contributed by atoms with E-state index < -0.39 is 11.6 Å². The molecule has 1 aromatic carbocycles. The fraction of sp³-hybridized carbons (Fsp3) is 0.462. The quantitative estimate of drug-likeness (QED) is 0.828. The molecular weight excluding hydrogens is 204 g/mol. The van der Waals surface area contributed by atoms with E-state index in [1.165, 1.54) is 18.2 Å². The Labute approximate surface area is 95.0 Å². The Balaban J connectivity index is 2.36. The number of carboxylic acid groups (broad SMARTS) is 1. The molecule has 3 heteroatoms. The van der Waals surface area contributed by atoms with E-state index in [1.54, 1.807) is 0 Å². The van der Waals surface area contributed by atoms with Crippen LogP contribution in [-0.4, -0.2) is 23.8 Å². The second kappa shape index (κ2) is 3.91. The molecule has 2 rings (SSSR count). The van der Waals surface area contributed by atoms with Crippen LogP contribution in [0.3, 0.4) is 0 Å². The maximum Gasteiger partial charge on any atom is 0.336 e. The van der Waals surface area contributed by atoms with Crippen molar-refractivity contribution >= 4 is 5.97 Å². The summed E-state index contributed by atoms with van der Waals surface area (Å²) in [4.78, 5) is 11.3. The molecule has 86 valence electrons. The zero-order valence-corrected chi connectivity index (χ0v) is 9.62. The van der Waals surface area contributed by atoms with Crippen LogP contribution in [0.5, 0.6) is 0 Å². The molecule has 0 amide bonds. The molecule has 1 unspecified atom stereocenters. The van der Waals surface area contributed by atoms with Crippen LogP contribution in [0.25, 0.3) is 0 Å². The SMILES string of the molecule is COC1(C(=O)O)CCc2cc(C)ccc2C1. The predicted octanol–water partition coefficient (Wildman–Crippen LogP) is 1.95. The topological polar surface area (TPSA) is 46.5 Å². The normalized spacial score (nSPS) is 23.9. The van der Waals surface area contributed by atoms with E-state index in [1.807, 2.05) is 12.1 Å². The molecule has 0 saturated heterocycles. The molecule has 1 aliphatic rings. The average Bonchev–Trinajstić information content (AvgIpc) is 2.28. The summed E-state index contributed by atoms with van der Waals surface area (Å²) >= 11 is 0. The number of hydrogen-bond donors (Lipinski definition) is 1. The van der Waals surface area contributed by atoms with Gasteiger partial charge < -0.3 is 9.84 Å². The van der Waals surface area contributed by atoms with Gasteiger partial charge in [-0.1, -0.05) is 23.8 Å². The average molecular weight is 220 g/mol. The number of ether oxygens (including phenoxy) is 1. The molecule has 0 heterocycles. The highest BCUT2D eigenvalue weighted by Crippen LogP contribution is 2.31. The van der Waals surface area contributed by atoms with Crippen LogP contribution >= 0.6 is 0 Å². The lowest BCUT2D eigenvalue weighted by Gasteiger charge is -2.33. The number of rotatable bonds is 2. The van der Waals surface area contributed by atoms with Crippen molar-refractivity contribution in [2.75, 3.05) is 7.11 Å². The van der Waals surface area contributed by atoms with Crippen molar-refractivity contribution in [1.29, 1.82) is 0 Å².